The first-order valence-electron chi connectivity index (χ1n) is 7.47. The Balaban J connectivity index is 1.79. The molecule has 6 heteroatoms. The largest absolute Gasteiger partial charge is 0.488 e. The van der Waals surface area contributed by atoms with Gasteiger partial charge in [0.05, 0.1) is 15.5 Å². The van der Waals surface area contributed by atoms with Gasteiger partial charge in [0, 0.05) is 0 Å². The minimum Gasteiger partial charge on any atom is -0.488 e. The molecule has 0 aliphatic carbocycles. The lowest BCUT2D eigenvalue weighted by Gasteiger charge is -2.23. The number of nitrogens with one attached hydrogen (secondary N) is 1. The van der Waals surface area contributed by atoms with Gasteiger partial charge in [0.2, 0.25) is 0 Å². The second-order valence-corrected chi connectivity index (χ2v) is 6.48. The van der Waals surface area contributed by atoms with Crippen LogP contribution < -0.4 is 10.2 Å². The third-order valence-corrected chi connectivity index (χ3v) is 4.17. The van der Waals surface area contributed by atoms with E-state index in [0.29, 0.717) is 15.8 Å². The number of rotatable bonds is 7. The number of hydrogen-bond acceptors (Lipinski definition) is 3. The zero-order valence-corrected chi connectivity index (χ0v) is 15.0. The van der Waals surface area contributed by atoms with Gasteiger partial charge in [-0.1, -0.05) is 59.6 Å². The Morgan fingerprint density at radius 3 is 2.25 bits per heavy atom. The Hall–Kier alpha value is -1.75. The molecule has 24 heavy (non-hydrogen) atoms. The van der Waals surface area contributed by atoms with E-state index in [2.05, 4.69) is 5.48 Å². The quantitative estimate of drug-likeness (QED) is 0.582. The Bertz CT molecular complexity index is 670. The lowest BCUT2D eigenvalue weighted by molar-refractivity contribution is -0.139. The van der Waals surface area contributed by atoms with Crippen LogP contribution in [0.5, 0.6) is 5.75 Å². The van der Waals surface area contributed by atoms with Crippen molar-refractivity contribution in [2.75, 3.05) is 13.2 Å². The summed E-state index contributed by atoms with van der Waals surface area (Å²) in [6, 6.07) is 14.6. The number of hydrogen-bond donors (Lipinski definition) is 1. The average molecular weight is 368 g/mol. The van der Waals surface area contributed by atoms with Gasteiger partial charge in [-0.25, -0.2) is 5.48 Å². The number of halogens is 2. The summed E-state index contributed by atoms with van der Waals surface area (Å²) in [4.78, 5) is 17.5. The van der Waals surface area contributed by atoms with Gasteiger partial charge in [-0.3, -0.25) is 9.63 Å². The Morgan fingerprint density at radius 2 is 1.62 bits per heavy atom. The van der Waals surface area contributed by atoms with E-state index in [9.17, 15) is 4.79 Å². The van der Waals surface area contributed by atoms with E-state index in [0.717, 1.165) is 5.56 Å². The first kappa shape index (κ1) is 18.6. The van der Waals surface area contributed by atoms with Crippen molar-refractivity contribution in [3.8, 4) is 5.75 Å². The molecule has 0 radical (unpaired) electrons. The Morgan fingerprint density at radius 1 is 1.00 bits per heavy atom. The molecule has 0 saturated heterocycles. The molecular formula is C18H19Cl2NO3. The first-order chi connectivity index (χ1) is 11.4. The van der Waals surface area contributed by atoms with Crippen molar-refractivity contribution in [2.45, 2.75) is 19.3 Å². The first-order valence-corrected chi connectivity index (χ1v) is 8.23. The lowest BCUT2D eigenvalue weighted by Crippen LogP contribution is -2.40. The van der Waals surface area contributed by atoms with Crippen molar-refractivity contribution in [1.29, 1.82) is 0 Å². The zero-order valence-electron chi connectivity index (χ0n) is 13.5. The van der Waals surface area contributed by atoms with Crippen LogP contribution in [0.15, 0.2) is 48.5 Å². The van der Waals surface area contributed by atoms with E-state index in [-0.39, 0.29) is 19.1 Å². The molecule has 0 aromatic heterocycles. The summed E-state index contributed by atoms with van der Waals surface area (Å²) < 4.78 is 5.48. The van der Waals surface area contributed by atoms with Crippen LogP contribution in [0.2, 0.25) is 10.0 Å². The van der Waals surface area contributed by atoms with Crippen molar-refractivity contribution in [1.82, 2.24) is 5.48 Å². The number of ether oxygens (including phenoxy) is 1. The van der Waals surface area contributed by atoms with Crippen LogP contribution in [0.4, 0.5) is 0 Å². The molecule has 0 fully saturated rings. The predicted octanol–water partition coefficient (Wildman–Crippen LogP) is 4.40. The normalized spacial score (nSPS) is 11.2. The monoisotopic (exact) mass is 367 g/mol. The van der Waals surface area contributed by atoms with Gasteiger partial charge >= 0.3 is 0 Å². The summed E-state index contributed by atoms with van der Waals surface area (Å²) in [7, 11) is 0. The summed E-state index contributed by atoms with van der Waals surface area (Å²) >= 11 is 12.0. The molecule has 2 aromatic carbocycles. The fourth-order valence-corrected chi connectivity index (χ4v) is 2.54. The maximum atomic E-state index is 12.3. The highest BCUT2D eigenvalue weighted by Crippen LogP contribution is 2.32. The molecule has 2 aromatic rings. The van der Waals surface area contributed by atoms with Gasteiger partial charge < -0.3 is 4.74 Å². The predicted molar refractivity (Wildman–Crippen MR) is 95.5 cm³/mol. The van der Waals surface area contributed by atoms with Gasteiger partial charge in [-0.15, -0.1) is 0 Å². The molecule has 0 bridgehead atoms. The maximum Gasteiger partial charge on any atom is 0.253 e. The van der Waals surface area contributed by atoms with Gasteiger partial charge in [-0.2, -0.15) is 0 Å². The van der Waals surface area contributed by atoms with Gasteiger partial charge in [0.15, 0.2) is 5.75 Å². The average Bonchev–Trinajstić information content (AvgIpc) is 2.57. The number of carbonyl (C=O) groups is 1. The second-order valence-electron chi connectivity index (χ2n) is 5.67. The highest BCUT2D eigenvalue weighted by molar-refractivity contribution is 6.37. The molecule has 0 atom stereocenters. The van der Waals surface area contributed by atoms with Crippen LogP contribution in [0.25, 0.3) is 0 Å². The number of hydroxylamine groups is 1. The number of para-hydroxylation sites is 1. The molecule has 0 saturated carbocycles. The van der Waals surface area contributed by atoms with Crippen LogP contribution in [-0.4, -0.2) is 19.1 Å². The summed E-state index contributed by atoms with van der Waals surface area (Å²) in [5.74, 6) is 0.171. The van der Waals surface area contributed by atoms with Crippen LogP contribution in [-0.2, 0) is 15.0 Å². The highest BCUT2D eigenvalue weighted by Gasteiger charge is 2.29. The number of amides is 1. The fraction of sp³-hybridized carbons (Fsp3) is 0.278. The molecule has 4 nitrogen and oxygen atoms in total. The standard InChI is InChI=1S/C18H19Cl2NO3/c1-18(2,13-7-4-3-5-8-13)17(22)21-24-12-11-23-16-14(19)9-6-10-15(16)20/h3-10H,11-12H2,1-2H3,(H,21,22). The van der Waals surface area contributed by atoms with Crippen molar-refractivity contribution < 1.29 is 14.4 Å². The van der Waals surface area contributed by atoms with E-state index in [1.54, 1.807) is 18.2 Å². The molecule has 0 spiro atoms. The van der Waals surface area contributed by atoms with E-state index < -0.39 is 5.41 Å². The molecule has 0 unspecified atom stereocenters. The van der Waals surface area contributed by atoms with Crippen molar-refractivity contribution in [3.63, 3.8) is 0 Å². The minimum atomic E-state index is -0.700. The van der Waals surface area contributed by atoms with E-state index in [4.69, 9.17) is 32.8 Å². The zero-order chi connectivity index (χ0) is 17.6. The summed E-state index contributed by atoms with van der Waals surface area (Å²) in [6.45, 7) is 4.04. The molecule has 128 valence electrons. The van der Waals surface area contributed by atoms with E-state index >= 15 is 0 Å². The van der Waals surface area contributed by atoms with Crippen LogP contribution in [0, 0.1) is 0 Å². The Kier molecular flexibility index (Phi) is 6.49. The molecule has 0 aliphatic rings. The van der Waals surface area contributed by atoms with Crippen LogP contribution >= 0.6 is 23.2 Å². The molecule has 1 amide bonds. The summed E-state index contributed by atoms with van der Waals surface area (Å²) in [6.07, 6.45) is 0. The highest BCUT2D eigenvalue weighted by atomic mass is 35.5. The Labute approximate surface area is 151 Å². The van der Waals surface area contributed by atoms with Crippen molar-refractivity contribution >= 4 is 29.1 Å². The molecule has 0 aliphatic heterocycles. The number of carbonyl (C=O) groups excluding carboxylic acids is 1. The van der Waals surface area contributed by atoms with Crippen LogP contribution in [0.1, 0.15) is 19.4 Å². The van der Waals surface area contributed by atoms with E-state index in [1.807, 2.05) is 44.2 Å². The van der Waals surface area contributed by atoms with Gasteiger partial charge in [-0.05, 0) is 31.5 Å². The third-order valence-electron chi connectivity index (χ3n) is 3.58. The van der Waals surface area contributed by atoms with Crippen LogP contribution in [0.3, 0.4) is 0 Å². The lowest BCUT2D eigenvalue weighted by atomic mass is 9.84. The molecule has 2 rings (SSSR count). The fourth-order valence-electron chi connectivity index (χ4n) is 2.04. The second kappa shape index (κ2) is 8.38. The van der Waals surface area contributed by atoms with Crippen molar-refractivity contribution in [2.24, 2.45) is 0 Å². The summed E-state index contributed by atoms with van der Waals surface area (Å²) in [5, 5.41) is 0.855. The summed E-state index contributed by atoms with van der Waals surface area (Å²) in [5.41, 5.74) is 2.66. The van der Waals surface area contributed by atoms with Gasteiger partial charge in [0.25, 0.3) is 5.91 Å². The molecule has 0 heterocycles. The molecule has 1 N–H and O–H groups in total. The maximum absolute atomic E-state index is 12.3. The SMILES string of the molecule is CC(C)(C(=O)NOCCOc1c(Cl)cccc1Cl)c1ccccc1. The molecular weight excluding hydrogens is 349 g/mol. The third kappa shape index (κ3) is 4.63. The van der Waals surface area contributed by atoms with Crippen molar-refractivity contribution in [3.05, 3.63) is 64.1 Å². The van der Waals surface area contributed by atoms with E-state index in [1.165, 1.54) is 0 Å². The number of benzene rings is 2. The topological polar surface area (TPSA) is 47.6 Å². The smallest absolute Gasteiger partial charge is 0.253 e. The minimum absolute atomic E-state index is 0.165. The van der Waals surface area contributed by atoms with Gasteiger partial charge in [0.1, 0.15) is 13.2 Å².